The van der Waals surface area contributed by atoms with Gasteiger partial charge in [0.25, 0.3) is 0 Å². The van der Waals surface area contributed by atoms with Gasteiger partial charge in [-0.1, -0.05) is 13.8 Å². The molecular weight excluding hydrogens is 136 g/mol. The summed E-state index contributed by atoms with van der Waals surface area (Å²) in [6, 6.07) is 0. The van der Waals surface area contributed by atoms with E-state index in [9.17, 15) is 0 Å². The fourth-order valence-electron chi connectivity index (χ4n) is 0.560. The van der Waals surface area contributed by atoms with E-state index in [-0.39, 0.29) is 0 Å². The van der Waals surface area contributed by atoms with Crippen LogP contribution in [0.25, 0.3) is 0 Å². The molecule has 0 aromatic rings. The standard InChI is InChI=1S/C6H14S2/c1-3-6(8)4-5(2)7/h5-8H,3-4H2,1-2H3. The van der Waals surface area contributed by atoms with Gasteiger partial charge in [-0.2, -0.15) is 25.3 Å². The van der Waals surface area contributed by atoms with Crippen molar-refractivity contribution in [3.63, 3.8) is 0 Å². The number of hydrogen-bond donors (Lipinski definition) is 2. The molecule has 0 aromatic carbocycles. The van der Waals surface area contributed by atoms with Crippen molar-refractivity contribution in [3.8, 4) is 0 Å². The maximum absolute atomic E-state index is 4.32. The summed E-state index contributed by atoms with van der Waals surface area (Å²) in [6.45, 7) is 4.25. The largest absolute Gasteiger partial charge is 0.176 e. The van der Waals surface area contributed by atoms with Crippen molar-refractivity contribution in [3.05, 3.63) is 0 Å². The van der Waals surface area contributed by atoms with Crippen LogP contribution in [0.2, 0.25) is 0 Å². The SMILES string of the molecule is CCC(S)CC(C)S. The van der Waals surface area contributed by atoms with Gasteiger partial charge in [0.05, 0.1) is 0 Å². The predicted octanol–water partition coefficient (Wildman–Crippen LogP) is 2.40. The van der Waals surface area contributed by atoms with Crippen LogP contribution in [0.1, 0.15) is 26.7 Å². The minimum Gasteiger partial charge on any atom is -0.176 e. The minimum atomic E-state index is 0.498. The van der Waals surface area contributed by atoms with E-state index in [0.29, 0.717) is 10.5 Å². The highest BCUT2D eigenvalue weighted by Crippen LogP contribution is 2.11. The van der Waals surface area contributed by atoms with Crippen LogP contribution in [0, 0.1) is 0 Å². The van der Waals surface area contributed by atoms with Crippen molar-refractivity contribution >= 4 is 25.3 Å². The molecule has 0 aliphatic rings. The van der Waals surface area contributed by atoms with Crippen LogP contribution < -0.4 is 0 Å². The molecule has 0 saturated carbocycles. The predicted molar refractivity (Wildman–Crippen MR) is 46.1 cm³/mol. The summed E-state index contributed by atoms with van der Waals surface area (Å²) in [7, 11) is 0. The maximum Gasteiger partial charge on any atom is 0.00245 e. The average Bonchev–Trinajstić information content (AvgIpc) is 1.65. The molecule has 2 atom stereocenters. The van der Waals surface area contributed by atoms with E-state index < -0.39 is 0 Å². The zero-order valence-corrected chi connectivity index (χ0v) is 7.25. The molecule has 0 rings (SSSR count). The fourth-order valence-corrected chi connectivity index (χ4v) is 1.30. The first-order chi connectivity index (χ1) is 3.66. The van der Waals surface area contributed by atoms with Gasteiger partial charge in [-0.15, -0.1) is 0 Å². The van der Waals surface area contributed by atoms with Gasteiger partial charge in [0.1, 0.15) is 0 Å². The Morgan fingerprint density at radius 3 is 2.00 bits per heavy atom. The molecule has 0 N–H and O–H groups in total. The number of thiol groups is 2. The molecule has 0 amide bonds. The summed E-state index contributed by atoms with van der Waals surface area (Å²) < 4.78 is 0. The lowest BCUT2D eigenvalue weighted by atomic mass is 10.2. The quantitative estimate of drug-likeness (QED) is 0.567. The van der Waals surface area contributed by atoms with Crippen molar-refractivity contribution < 1.29 is 0 Å². The molecule has 0 fully saturated rings. The Hall–Kier alpha value is 0.700. The lowest BCUT2D eigenvalue weighted by Gasteiger charge is -2.08. The van der Waals surface area contributed by atoms with Crippen LogP contribution >= 0.6 is 25.3 Å². The molecule has 0 aliphatic carbocycles. The molecule has 2 unspecified atom stereocenters. The van der Waals surface area contributed by atoms with Crippen LogP contribution in [-0.2, 0) is 0 Å². The normalized spacial score (nSPS) is 18.0. The summed E-state index contributed by atoms with van der Waals surface area (Å²) in [5, 5.41) is 1.04. The number of hydrogen-bond acceptors (Lipinski definition) is 2. The molecule has 0 heterocycles. The molecule has 0 aliphatic heterocycles. The van der Waals surface area contributed by atoms with Gasteiger partial charge in [-0.05, 0) is 18.1 Å². The molecule has 0 spiro atoms. The molecule has 50 valence electrons. The van der Waals surface area contributed by atoms with E-state index in [1.165, 1.54) is 0 Å². The molecule has 0 saturated heterocycles. The zero-order valence-electron chi connectivity index (χ0n) is 5.46. The van der Waals surface area contributed by atoms with Crippen LogP contribution in [0.3, 0.4) is 0 Å². The van der Waals surface area contributed by atoms with Gasteiger partial charge in [0.15, 0.2) is 0 Å². The van der Waals surface area contributed by atoms with Crippen molar-refractivity contribution in [2.24, 2.45) is 0 Å². The average molecular weight is 150 g/mol. The van der Waals surface area contributed by atoms with Gasteiger partial charge in [0.2, 0.25) is 0 Å². The maximum atomic E-state index is 4.32. The van der Waals surface area contributed by atoms with Gasteiger partial charge in [0, 0.05) is 5.25 Å². The molecular formula is C6H14S2. The van der Waals surface area contributed by atoms with Gasteiger partial charge in [-0.3, -0.25) is 0 Å². The van der Waals surface area contributed by atoms with Crippen LogP contribution in [0.15, 0.2) is 0 Å². The Bertz CT molecular complexity index is 52.5. The van der Waals surface area contributed by atoms with Crippen LogP contribution in [-0.4, -0.2) is 10.5 Å². The van der Waals surface area contributed by atoms with Crippen LogP contribution in [0.5, 0.6) is 0 Å². The fraction of sp³-hybridized carbons (Fsp3) is 1.00. The van der Waals surface area contributed by atoms with E-state index in [4.69, 9.17) is 0 Å². The van der Waals surface area contributed by atoms with Gasteiger partial charge < -0.3 is 0 Å². The summed E-state index contributed by atoms with van der Waals surface area (Å²) >= 11 is 8.56. The van der Waals surface area contributed by atoms with Gasteiger partial charge in [-0.25, -0.2) is 0 Å². The lowest BCUT2D eigenvalue weighted by molar-refractivity contribution is 0.738. The Labute approximate surface area is 62.9 Å². The first-order valence-corrected chi connectivity index (χ1v) is 4.06. The molecule has 0 bridgehead atoms. The molecule has 0 aromatic heterocycles. The third kappa shape index (κ3) is 4.85. The summed E-state index contributed by atoms with van der Waals surface area (Å²) in [5.41, 5.74) is 0. The number of rotatable bonds is 3. The second-order valence-corrected chi connectivity index (χ2v) is 3.76. The van der Waals surface area contributed by atoms with Crippen molar-refractivity contribution in [1.29, 1.82) is 0 Å². The third-order valence-electron chi connectivity index (χ3n) is 1.08. The first kappa shape index (κ1) is 8.70. The lowest BCUT2D eigenvalue weighted by Crippen LogP contribution is -2.03. The molecule has 8 heavy (non-hydrogen) atoms. The second kappa shape index (κ2) is 4.57. The van der Waals surface area contributed by atoms with E-state index >= 15 is 0 Å². The Morgan fingerprint density at radius 1 is 1.38 bits per heavy atom. The van der Waals surface area contributed by atoms with Crippen molar-refractivity contribution in [2.45, 2.75) is 37.2 Å². The molecule has 0 radical (unpaired) electrons. The minimum absolute atomic E-state index is 0.498. The summed E-state index contributed by atoms with van der Waals surface area (Å²) in [4.78, 5) is 0. The summed E-state index contributed by atoms with van der Waals surface area (Å²) in [5.74, 6) is 0. The Morgan fingerprint density at radius 2 is 1.88 bits per heavy atom. The zero-order chi connectivity index (χ0) is 6.57. The van der Waals surface area contributed by atoms with E-state index in [1.54, 1.807) is 0 Å². The smallest absolute Gasteiger partial charge is 0.00245 e. The highest BCUT2D eigenvalue weighted by molar-refractivity contribution is 7.81. The monoisotopic (exact) mass is 150 g/mol. The molecule has 2 heteroatoms. The Balaban J connectivity index is 3.10. The topological polar surface area (TPSA) is 0 Å². The van der Waals surface area contributed by atoms with E-state index in [2.05, 4.69) is 39.1 Å². The highest BCUT2D eigenvalue weighted by atomic mass is 32.1. The summed E-state index contributed by atoms with van der Waals surface area (Å²) in [6.07, 6.45) is 2.26. The second-order valence-electron chi connectivity index (χ2n) is 2.15. The van der Waals surface area contributed by atoms with Crippen molar-refractivity contribution in [1.82, 2.24) is 0 Å². The van der Waals surface area contributed by atoms with E-state index in [1.807, 2.05) is 0 Å². The highest BCUT2D eigenvalue weighted by Gasteiger charge is 2.01. The van der Waals surface area contributed by atoms with E-state index in [0.717, 1.165) is 12.8 Å². The third-order valence-corrected chi connectivity index (χ3v) is 1.87. The van der Waals surface area contributed by atoms with Gasteiger partial charge >= 0.3 is 0 Å². The molecule has 0 nitrogen and oxygen atoms in total. The van der Waals surface area contributed by atoms with Crippen molar-refractivity contribution in [2.75, 3.05) is 0 Å². The Kier molecular flexibility index (Phi) is 4.97. The van der Waals surface area contributed by atoms with Crippen LogP contribution in [0.4, 0.5) is 0 Å². The first-order valence-electron chi connectivity index (χ1n) is 3.03.